The van der Waals surface area contributed by atoms with Crippen molar-refractivity contribution in [2.45, 2.75) is 20.3 Å². The van der Waals surface area contributed by atoms with Crippen LogP contribution in [0.25, 0.3) is 0 Å². The van der Waals surface area contributed by atoms with Crippen LogP contribution in [0.1, 0.15) is 25.8 Å². The Morgan fingerprint density at radius 2 is 1.81 bits per heavy atom. The van der Waals surface area contributed by atoms with Gasteiger partial charge in [-0.1, -0.05) is 6.92 Å². The summed E-state index contributed by atoms with van der Waals surface area (Å²) in [6.07, 6.45) is 0.812. The summed E-state index contributed by atoms with van der Waals surface area (Å²) in [5, 5.41) is 8.58. The van der Waals surface area contributed by atoms with Gasteiger partial charge in [0.05, 0.1) is 11.6 Å². The van der Waals surface area contributed by atoms with Crippen LogP contribution in [0.4, 0.5) is 14.5 Å². The molecule has 0 unspecified atom stereocenters. The van der Waals surface area contributed by atoms with Crippen LogP contribution in [0.5, 0.6) is 0 Å². The first-order valence-electron chi connectivity index (χ1n) is 5.28. The minimum atomic E-state index is -0.674. The summed E-state index contributed by atoms with van der Waals surface area (Å²) in [5.41, 5.74) is -0.0327. The summed E-state index contributed by atoms with van der Waals surface area (Å²) in [6, 6.07) is 3.86. The average Bonchev–Trinajstić information content (AvgIpc) is 2.26. The maximum atomic E-state index is 13.6. The first-order valence-corrected chi connectivity index (χ1v) is 5.28. The number of rotatable bonds is 4. The van der Waals surface area contributed by atoms with Gasteiger partial charge in [-0.05, 0) is 25.5 Å². The number of nitrogens with zero attached hydrogens (tertiary/aromatic N) is 2. The normalized spacial score (nSPS) is 9.94. The smallest absolute Gasteiger partial charge is 0.150 e. The van der Waals surface area contributed by atoms with Gasteiger partial charge in [-0.25, -0.2) is 8.78 Å². The molecule has 0 saturated carbocycles. The Morgan fingerprint density at radius 3 is 2.19 bits per heavy atom. The molecule has 4 heteroatoms. The molecular weight excluding hydrogens is 210 g/mol. The van der Waals surface area contributed by atoms with Gasteiger partial charge in [0.2, 0.25) is 0 Å². The van der Waals surface area contributed by atoms with Crippen molar-refractivity contribution in [2.75, 3.05) is 18.0 Å². The Morgan fingerprint density at radius 1 is 1.25 bits per heavy atom. The molecule has 0 radical (unpaired) electrons. The number of hydrogen-bond acceptors (Lipinski definition) is 2. The van der Waals surface area contributed by atoms with Crippen LogP contribution in [0.2, 0.25) is 0 Å². The second-order valence-corrected chi connectivity index (χ2v) is 3.48. The predicted molar refractivity (Wildman–Crippen MR) is 59.3 cm³/mol. The second-order valence-electron chi connectivity index (χ2n) is 3.48. The molecular formula is C12H14F2N2. The van der Waals surface area contributed by atoms with Gasteiger partial charge in [0.1, 0.15) is 5.69 Å². The summed E-state index contributed by atoms with van der Waals surface area (Å²) in [4.78, 5) is 1.63. The number of hydrogen-bond donors (Lipinski definition) is 0. The van der Waals surface area contributed by atoms with Crippen LogP contribution < -0.4 is 4.90 Å². The highest BCUT2D eigenvalue weighted by molar-refractivity contribution is 5.52. The molecule has 86 valence electrons. The highest BCUT2D eigenvalue weighted by atomic mass is 19.1. The molecule has 2 nitrogen and oxygen atoms in total. The van der Waals surface area contributed by atoms with E-state index < -0.39 is 11.6 Å². The van der Waals surface area contributed by atoms with E-state index in [0.29, 0.717) is 13.1 Å². The Balaban J connectivity index is 3.18. The van der Waals surface area contributed by atoms with E-state index in [0.717, 1.165) is 18.6 Å². The van der Waals surface area contributed by atoms with Gasteiger partial charge in [0.15, 0.2) is 11.6 Å². The van der Waals surface area contributed by atoms with Crippen LogP contribution in [-0.2, 0) is 0 Å². The molecule has 0 bridgehead atoms. The van der Waals surface area contributed by atoms with Gasteiger partial charge in [0.25, 0.3) is 0 Å². The van der Waals surface area contributed by atoms with Crippen molar-refractivity contribution < 1.29 is 8.78 Å². The van der Waals surface area contributed by atoms with E-state index in [1.165, 1.54) is 0 Å². The Kier molecular flexibility index (Phi) is 4.24. The van der Waals surface area contributed by atoms with Crippen molar-refractivity contribution in [1.29, 1.82) is 5.26 Å². The van der Waals surface area contributed by atoms with Gasteiger partial charge < -0.3 is 4.90 Å². The number of benzene rings is 1. The van der Waals surface area contributed by atoms with E-state index in [-0.39, 0.29) is 11.3 Å². The quantitative estimate of drug-likeness (QED) is 0.785. The fourth-order valence-corrected chi connectivity index (χ4v) is 1.63. The fourth-order valence-electron chi connectivity index (χ4n) is 1.63. The Labute approximate surface area is 94.1 Å². The van der Waals surface area contributed by atoms with E-state index in [4.69, 9.17) is 5.26 Å². The molecule has 0 aliphatic heterocycles. The van der Waals surface area contributed by atoms with Crippen molar-refractivity contribution in [3.63, 3.8) is 0 Å². The first kappa shape index (κ1) is 12.4. The van der Waals surface area contributed by atoms with Crippen LogP contribution in [-0.4, -0.2) is 13.1 Å². The van der Waals surface area contributed by atoms with Gasteiger partial charge in [-0.3, -0.25) is 0 Å². The molecule has 0 aliphatic carbocycles. The van der Waals surface area contributed by atoms with Crippen LogP contribution in [0, 0.1) is 23.0 Å². The van der Waals surface area contributed by atoms with E-state index in [1.54, 1.807) is 11.0 Å². The van der Waals surface area contributed by atoms with E-state index >= 15 is 0 Å². The van der Waals surface area contributed by atoms with Gasteiger partial charge in [-0.15, -0.1) is 0 Å². The van der Waals surface area contributed by atoms with Crippen LogP contribution >= 0.6 is 0 Å². The molecule has 1 aromatic rings. The highest BCUT2D eigenvalue weighted by Crippen LogP contribution is 2.24. The molecule has 0 fully saturated rings. The van der Waals surface area contributed by atoms with Gasteiger partial charge in [0, 0.05) is 13.1 Å². The molecule has 0 spiro atoms. The lowest BCUT2D eigenvalue weighted by molar-refractivity contribution is 0.570. The first-order chi connectivity index (χ1) is 7.63. The summed E-state index contributed by atoms with van der Waals surface area (Å²) >= 11 is 0. The molecule has 0 aromatic heterocycles. The third-order valence-electron chi connectivity index (χ3n) is 2.34. The van der Waals surface area contributed by atoms with Crippen LogP contribution in [0.15, 0.2) is 12.1 Å². The zero-order valence-electron chi connectivity index (χ0n) is 9.43. The number of halogens is 2. The molecule has 0 amide bonds. The van der Waals surface area contributed by atoms with Crippen LogP contribution in [0.3, 0.4) is 0 Å². The second kappa shape index (κ2) is 5.45. The number of anilines is 1. The van der Waals surface area contributed by atoms with Crippen molar-refractivity contribution in [3.05, 3.63) is 29.3 Å². The highest BCUT2D eigenvalue weighted by Gasteiger charge is 2.16. The zero-order valence-corrected chi connectivity index (χ0v) is 9.43. The predicted octanol–water partition coefficient (Wildman–Crippen LogP) is 3.07. The Hall–Kier alpha value is -1.63. The van der Waals surface area contributed by atoms with E-state index in [1.807, 2.05) is 13.8 Å². The van der Waals surface area contributed by atoms with E-state index in [2.05, 4.69) is 0 Å². The third kappa shape index (κ3) is 2.48. The monoisotopic (exact) mass is 224 g/mol. The topological polar surface area (TPSA) is 27.0 Å². The minimum absolute atomic E-state index is 0.00583. The zero-order chi connectivity index (χ0) is 12.1. The van der Waals surface area contributed by atoms with Crippen molar-refractivity contribution in [3.8, 4) is 6.07 Å². The fraction of sp³-hybridized carbons (Fsp3) is 0.417. The summed E-state index contributed by atoms with van der Waals surface area (Å²) in [5.74, 6) is -1.35. The summed E-state index contributed by atoms with van der Waals surface area (Å²) in [7, 11) is 0. The lowest BCUT2D eigenvalue weighted by Crippen LogP contribution is -2.25. The standard InChI is InChI=1S/C12H14F2N2/c1-3-5-16(4-2)12-10(13)6-9(8-15)7-11(12)14/h6-7H,3-5H2,1-2H3. The van der Waals surface area contributed by atoms with Crippen molar-refractivity contribution >= 4 is 5.69 Å². The lowest BCUT2D eigenvalue weighted by atomic mass is 10.2. The molecule has 0 atom stereocenters. The molecule has 0 N–H and O–H groups in total. The minimum Gasteiger partial charge on any atom is -0.367 e. The average molecular weight is 224 g/mol. The molecule has 0 aliphatic rings. The van der Waals surface area contributed by atoms with Crippen molar-refractivity contribution in [1.82, 2.24) is 0 Å². The molecule has 16 heavy (non-hydrogen) atoms. The largest absolute Gasteiger partial charge is 0.367 e. The lowest BCUT2D eigenvalue weighted by Gasteiger charge is -2.23. The summed E-state index contributed by atoms with van der Waals surface area (Å²) in [6.45, 7) is 4.92. The molecule has 1 aromatic carbocycles. The summed E-state index contributed by atoms with van der Waals surface area (Å²) < 4.78 is 27.3. The molecule has 0 saturated heterocycles. The molecule has 0 heterocycles. The van der Waals surface area contributed by atoms with E-state index in [9.17, 15) is 8.78 Å². The van der Waals surface area contributed by atoms with Gasteiger partial charge in [-0.2, -0.15) is 5.26 Å². The third-order valence-corrected chi connectivity index (χ3v) is 2.34. The van der Waals surface area contributed by atoms with Gasteiger partial charge >= 0.3 is 0 Å². The maximum Gasteiger partial charge on any atom is 0.150 e. The number of nitriles is 1. The molecule has 1 rings (SSSR count). The Bertz CT molecular complexity index is 387. The van der Waals surface area contributed by atoms with Crippen molar-refractivity contribution in [2.24, 2.45) is 0 Å². The maximum absolute atomic E-state index is 13.6. The SMILES string of the molecule is CCCN(CC)c1c(F)cc(C#N)cc1F.